The van der Waals surface area contributed by atoms with Crippen molar-refractivity contribution in [2.75, 3.05) is 5.32 Å². The van der Waals surface area contributed by atoms with Gasteiger partial charge in [-0.25, -0.2) is 9.67 Å². The standard InChI is InChI=1S/C13H17N5O/c1-2-5-10(14)13(19)17-11-6-3-7-15-12(11)18-9-4-8-16-18/h3-4,6-10H,2,5,14H2,1H3,(H,17,19). The van der Waals surface area contributed by atoms with E-state index >= 15 is 0 Å². The van der Waals surface area contributed by atoms with Crippen molar-refractivity contribution >= 4 is 11.6 Å². The average molecular weight is 259 g/mol. The Morgan fingerprint density at radius 1 is 1.47 bits per heavy atom. The Morgan fingerprint density at radius 2 is 2.32 bits per heavy atom. The minimum absolute atomic E-state index is 0.205. The van der Waals surface area contributed by atoms with E-state index in [0.29, 0.717) is 17.9 Å². The maximum absolute atomic E-state index is 11.9. The fourth-order valence-corrected chi connectivity index (χ4v) is 1.74. The zero-order chi connectivity index (χ0) is 13.7. The number of aromatic nitrogens is 3. The molecule has 0 spiro atoms. The molecule has 2 aromatic heterocycles. The van der Waals surface area contributed by atoms with Crippen LogP contribution < -0.4 is 11.1 Å². The van der Waals surface area contributed by atoms with Gasteiger partial charge < -0.3 is 11.1 Å². The summed E-state index contributed by atoms with van der Waals surface area (Å²) < 4.78 is 1.60. The lowest BCUT2D eigenvalue weighted by Crippen LogP contribution is -2.35. The monoisotopic (exact) mass is 259 g/mol. The molecule has 2 heterocycles. The molecule has 0 aliphatic rings. The van der Waals surface area contributed by atoms with E-state index in [-0.39, 0.29) is 5.91 Å². The SMILES string of the molecule is CCCC(N)C(=O)Nc1cccnc1-n1cccn1. The van der Waals surface area contributed by atoms with Crippen molar-refractivity contribution in [3.05, 3.63) is 36.8 Å². The number of nitrogens with one attached hydrogen (secondary N) is 1. The van der Waals surface area contributed by atoms with Crippen LogP contribution in [0.3, 0.4) is 0 Å². The smallest absolute Gasteiger partial charge is 0.241 e. The van der Waals surface area contributed by atoms with Crippen LogP contribution in [0.2, 0.25) is 0 Å². The van der Waals surface area contributed by atoms with Crippen LogP contribution >= 0.6 is 0 Å². The fourth-order valence-electron chi connectivity index (χ4n) is 1.74. The van der Waals surface area contributed by atoms with Crippen LogP contribution in [-0.2, 0) is 4.79 Å². The van der Waals surface area contributed by atoms with Gasteiger partial charge in [0.2, 0.25) is 5.91 Å². The van der Waals surface area contributed by atoms with E-state index in [1.54, 1.807) is 41.5 Å². The highest BCUT2D eigenvalue weighted by Gasteiger charge is 2.15. The van der Waals surface area contributed by atoms with Gasteiger partial charge in [-0.05, 0) is 24.6 Å². The van der Waals surface area contributed by atoms with Crippen molar-refractivity contribution in [2.24, 2.45) is 5.73 Å². The van der Waals surface area contributed by atoms with Crippen molar-refractivity contribution in [3.63, 3.8) is 0 Å². The second kappa shape index (κ2) is 6.10. The minimum Gasteiger partial charge on any atom is -0.322 e. The number of nitrogens with two attached hydrogens (primary N) is 1. The predicted octanol–water partition coefficient (Wildman–Crippen LogP) is 1.33. The van der Waals surface area contributed by atoms with Crippen LogP contribution in [-0.4, -0.2) is 26.7 Å². The van der Waals surface area contributed by atoms with Crippen LogP contribution in [0.1, 0.15) is 19.8 Å². The number of carbonyl (C=O) groups is 1. The van der Waals surface area contributed by atoms with Gasteiger partial charge in [-0.3, -0.25) is 4.79 Å². The Labute approximate surface area is 111 Å². The first-order valence-electron chi connectivity index (χ1n) is 6.24. The Balaban J connectivity index is 2.19. The first-order valence-corrected chi connectivity index (χ1v) is 6.24. The summed E-state index contributed by atoms with van der Waals surface area (Å²) in [5, 5.41) is 6.90. The summed E-state index contributed by atoms with van der Waals surface area (Å²) in [7, 11) is 0. The molecule has 2 aromatic rings. The molecular weight excluding hydrogens is 242 g/mol. The van der Waals surface area contributed by atoms with E-state index < -0.39 is 6.04 Å². The molecule has 19 heavy (non-hydrogen) atoms. The van der Waals surface area contributed by atoms with Gasteiger partial charge in [0.05, 0.1) is 11.7 Å². The molecule has 0 bridgehead atoms. The molecule has 3 N–H and O–H groups in total. The molecule has 1 unspecified atom stereocenters. The highest BCUT2D eigenvalue weighted by Crippen LogP contribution is 2.16. The summed E-state index contributed by atoms with van der Waals surface area (Å²) in [6.07, 6.45) is 6.60. The van der Waals surface area contributed by atoms with Gasteiger partial charge in [0, 0.05) is 18.6 Å². The third-order valence-electron chi connectivity index (χ3n) is 2.70. The quantitative estimate of drug-likeness (QED) is 0.848. The summed E-state index contributed by atoms with van der Waals surface area (Å²) in [6, 6.07) is 4.83. The van der Waals surface area contributed by atoms with Crippen LogP contribution in [0.25, 0.3) is 5.82 Å². The van der Waals surface area contributed by atoms with Gasteiger partial charge in [0.1, 0.15) is 0 Å². The van der Waals surface area contributed by atoms with Crippen molar-refractivity contribution < 1.29 is 4.79 Å². The van der Waals surface area contributed by atoms with Gasteiger partial charge in [0.15, 0.2) is 5.82 Å². The third kappa shape index (κ3) is 3.17. The Hall–Kier alpha value is -2.21. The Bertz CT molecular complexity index is 538. The van der Waals surface area contributed by atoms with Crippen LogP contribution in [0.15, 0.2) is 36.8 Å². The first kappa shape index (κ1) is 13.2. The van der Waals surface area contributed by atoms with Crippen molar-refractivity contribution in [3.8, 4) is 5.82 Å². The number of rotatable bonds is 5. The van der Waals surface area contributed by atoms with Gasteiger partial charge in [-0.2, -0.15) is 5.10 Å². The maximum Gasteiger partial charge on any atom is 0.241 e. The molecule has 1 atom stereocenters. The second-order valence-corrected chi connectivity index (χ2v) is 4.21. The first-order chi connectivity index (χ1) is 9.22. The number of hydrogen-bond acceptors (Lipinski definition) is 4. The molecule has 100 valence electrons. The number of nitrogens with zero attached hydrogens (tertiary/aromatic N) is 3. The lowest BCUT2D eigenvalue weighted by atomic mass is 10.1. The maximum atomic E-state index is 11.9. The number of hydrogen-bond donors (Lipinski definition) is 2. The highest BCUT2D eigenvalue weighted by atomic mass is 16.2. The van der Waals surface area contributed by atoms with Gasteiger partial charge in [0.25, 0.3) is 0 Å². The lowest BCUT2D eigenvalue weighted by molar-refractivity contribution is -0.117. The van der Waals surface area contributed by atoms with Crippen molar-refractivity contribution in [2.45, 2.75) is 25.8 Å². The number of anilines is 1. The van der Waals surface area contributed by atoms with E-state index in [1.165, 1.54) is 0 Å². The summed E-state index contributed by atoms with van der Waals surface area (Å²) >= 11 is 0. The average Bonchev–Trinajstić information content (AvgIpc) is 2.93. The number of pyridine rings is 1. The highest BCUT2D eigenvalue weighted by molar-refractivity contribution is 5.95. The number of carbonyl (C=O) groups excluding carboxylic acids is 1. The van der Waals surface area contributed by atoms with E-state index in [1.807, 2.05) is 6.92 Å². The minimum atomic E-state index is -0.504. The Morgan fingerprint density at radius 3 is 3.00 bits per heavy atom. The van der Waals surface area contributed by atoms with Crippen molar-refractivity contribution in [1.82, 2.24) is 14.8 Å². The fraction of sp³-hybridized carbons (Fsp3) is 0.308. The van der Waals surface area contributed by atoms with Crippen LogP contribution in [0.4, 0.5) is 5.69 Å². The second-order valence-electron chi connectivity index (χ2n) is 4.21. The molecule has 0 saturated carbocycles. The predicted molar refractivity (Wildman–Crippen MR) is 72.9 cm³/mol. The topological polar surface area (TPSA) is 85.8 Å². The summed E-state index contributed by atoms with van der Waals surface area (Å²) in [6.45, 7) is 1.99. The normalized spacial score (nSPS) is 12.1. The molecule has 1 amide bonds. The van der Waals surface area contributed by atoms with Crippen LogP contribution in [0.5, 0.6) is 0 Å². The van der Waals surface area contributed by atoms with Gasteiger partial charge >= 0.3 is 0 Å². The van der Waals surface area contributed by atoms with Crippen LogP contribution in [0, 0.1) is 0 Å². The lowest BCUT2D eigenvalue weighted by Gasteiger charge is -2.13. The summed E-state index contributed by atoms with van der Waals surface area (Å²) in [4.78, 5) is 16.2. The van der Waals surface area contributed by atoms with Crippen molar-refractivity contribution in [1.29, 1.82) is 0 Å². The van der Waals surface area contributed by atoms with E-state index in [4.69, 9.17) is 5.73 Å². The van der Waals surface area contributed by atoms with E-state index in [2.05, 4.69) is 15.4 Å². The third-order valence-corrected chi connectivity index (χ3v) is 2.70. The van der Waals surface area contributed by atoms with E-state index in [9.17, 15) is 4.79 Å². The number of amides is 1. The molecule has 0 radical (unpaired) electrons. The van der Waals surface area contributed by atoms with E-state index in [0.717, 1.165) is 6.42 Å². The summed E-state index contributed by atoms with van der Waals surface area (Å²) in [5.41, 5.74) is 6.39. The molecule has 0 saturated heterocycles. The molecule has 2 rings (SSSR count). The largest absolute Gasteiger partial charge is 0.322 e. The van der Waals surface area contributed by atoms with Gasteiger partial charge in [-0.15, -0.1) is 0 Å². The molecule has 6 nitrogen and oxygen atoms in total. The zero-order valence-electron chi connectivity index (χ0n) is 10.8. The van der Waals surface area contributed by atoms with Gasteiger partial charge in [-0.1, -0.05) is 13.3 Å². The molecule has 0 aliphatic carbocycles. The molecular formula is C13H17N5O. The zero-order valence-corrected chi connectivity index (χ0v) is 10.8. The molecule has 6 heteroatoms. The molecule has 0 aromatic carbocycles. The summed E-state index contributed by atoms with van der Waals surface area (Å²) in [5.74, 6) is 0.368. The molecule has 0 aliphatic heterocycles. The molecule has 0 fully saturated rings. The Kier molecular flexibility index (Phi) is 4.25.